The number of halogens is 1. The van der Waals surface area contributed by atoms with Crippen LogP contribution >= 0.6 is 0 Å². The maximum absolute atomic E-state index is 14.8. The maximum atomic E-state index is 14.8. The summed E-state index contributed by atoms with van der Waals surface area (Å²) in [6.45, 7) is 6.01. The zero-order chi connectivity index (χ0) is 26.9. The molecule has 37 heavy (non-hydrogen) atoms. The predicted molar refractivity (Wildman–Crippen MR) is 137 cm³/mol. The molecule has 198 valence electrons. The lowest BCUT2D eigenvalue weighted by Crippen LogP contribution is -2.51. The van der Waals surface area contributed by atoms with Crippen LogP contribution in [0.4, 0.5) is 10.1 Å². The first kappa shape index (κ1) is 27.6. The molecule has 0 aliphatic heterocycles. The molecule has 10 nitrogen and oxygen atoms in total. The summed E-state index contributed by atoms with van der Waals surface area (Å²) in [5, 5.41) is 15.2. The lowest BCUT2D eigenvalue weighted by Gasteiger charge is -2.30. The Labute approximate surface area is 215 Å². The van der Waals surface area contributed by atoms with Crippen LogP contribution in [-0.4, -0.2) is 58.8 Å². The topological polar surface area (TPSA) is 111 Å². The molecule has 0 fully saturated rings. The van der Waals surface area contributed by atoms with Crippen LogP contribution in [0.1, 0.15) is 33.6 Å². The number of benzene rings is 2. The van der Waals surface area contributed by atoms with E-state index in [1.54, 1.807) is 31.2 Å². The van der Waals surface area contributed by atoms with Gasteiger partial charge in [0.05, 0.1) is 19.9 Å². The van der Waals surface area contributed by atoms with Crippen LogP contribution in [0.15, 0.2) is 42.5 Å². The molecule has 0 aliphatic rings. The first-order chi connectivity index (χ1) is 17.8. The summed E-state index contributed by atoms with van der Waals surface area (Å²) in [5.41, 5.74) is 0.622. The summed E-state index contributed by atoms with van der Waals surface area (Å²) in [7, 11) is 3.05. The maximum Gasteiger partial charge on any atom is 0.251 e. The molecule has 0 unspecified atom stereocenters. The van der Waals surface area contributed by atoms with Crippen molar-refractivity contribution in [3.05, 3.63) is 48.3 Å². The third kappa shape index (κ3) is 6.81. The fraction of sp³-hybridized carbons (Fsp3) is 0.423. The number of amides is 2. The summed E-state index contributed by atoms with van der Waals surface area (Å²) in [5.74, 6) is 0.207. The van der Waals surface area contributed by atoms with Gasteiger partial charge in [-0.25, -0.2) is 4.39 Å². The number of nitrogens with one attached hydrogen (secondary N) is 1. The Kier molecular flexibility index (Phi) is 9.53. The van der Waals surface area contributed by atoms with Crippen LogP contribution in [0.25, 0.3) is 11.4 Å². The Morgan fingerprint density at radius 3 is 2.49 bits per heavy atom. The molecule has 0 bridgehead atoms. The molecule has 3 rings (SSSR count). The van der Waals surface area contributed by atoms with Crippen molar-refractivity contribution in [1.29, 1.82) is 0 Å². The second-order valence-electron chi connectivity index (χ2n) is 8.83. The fourth-order valence-corrected chi connectivity index (χ4v) is 3.81. The molecule has 2 amide bonds. The Morgan fingerprint density at radius 2 is 1.84 bits per heavy atom. The van der Waals surface area contributed by atoms with E-state index >= 15 is 0 Å². The summed E-state index contributed by atoms with van der Waals surface area (Å²) in [6, 6.07) is 10.1. The van der Waals surface area contributed by atoms with Crippen LogP contribution in [0.3, 0.4) is 0 Å². The first-order valence-electron chi connectivity index (χ1n) is 12.1. The molecule has 1 N–H and O–H groups in total. The van der Waals surface area contributed by atoms with Crippen LogP contribution < -0.4 is 19.7 Å². The number of tetrazole rings is 1. The summed E-state index contributed by atoms with van der Waals surface area (Å²) >= 11 is 0. The molecule has 0 saturated carbocycles. The second kappa shape index (κ2) is 12.8. The Balaban J connectivity index is 1.86. The molecular formula is C26H33FN6O4. The van der Waals surface area contributed by atoms with Crippen LogP contribution in [0, 0.1) is 11.7 Å². The van der Waals surface area contributed by atoms with Gasteiger partial charge < -0.3 is 14.8 Å². The van der Waals surface area contributed by atoms with E-state index < -0.39 is 17.8 Å². The van der Waals surface area contributed by atoms with Crippen molar-refractivity contribution in [2.45, 2.75) is 46.2 Å². The van der Waals surface area contributed by atoms with Crippen molar-refractivity contribution in [3.8, 4) is 22.9 Å². The Morgan fingerprint density at radius 1 is 1.11 bits per heavy atom. The van der Waals surface area contributed by atoms with E-state index in [1.165, 1.54) is 37.3 Å². The van der Waals surface area contributed by atoms with Crippen LogP contribution in [0.5, 0.6) is 11.5 Å². The van der Waals surface area contributed by atoms with Gasteiger partial charge in [0.15, 0.2) is 11.5 Å². The first-order valence-corrected chi connectivity index (χ1v) is 12.1. The molecule has 0 spiro atoms. The number of carbonyl (C=O) groups excluding carboxylic acids is 2. The highest BCUT2D eigenvalue weighted by atomic mass is 19.1. The summed E-state index contributed by atoms with van der Waals surface area (Å²) in [6.07, 6.45) is 1.08. The number of hydrogen-bond donors (Lipinski definition) is 1. The normalized spacial score (nSPS) is 11.8. The van der Waals surface area contributed by atoms with E-state index in [1.807, 2.05) is 0 Å². The Bertz CT molecular complexity index is 1220. The summed E-state index contributed by atoms with van der Waals surface area (Å²) in [4.78, 5) is 28.8. The lowest BCUT2D eigenvalue weighted by atomic mass is 10.1. The fourth-order valence-electron chi connectivity index (χ4n) is 3.81. The average Bonchev–Trinajstić information content (AvgIpc) is 3.35. The van der Waals surface area contributed by atoms with Gasteiger partial charge in [-0.3, -0.25) is 14.5 Å². The average molecular weight is 513 g/mol. The van der Waals surface area contributed by atoms with Crippen molar-refractivity contribution in [1.82, 2.24) is 25.5 Å². The third-order valence-electron chi connectivity index (χ3n) is 5.77. The van der Waals surface area contributed by atoms with Crippen molar-refractivity contribution in [3.63, 3.8) is 0 Å². The molecule has 0 saturated heterocycles. The minimum atomic E-state index is -0.912. The molecule has 11 heteroatoms. The zero-order valence-corrected chi connectivity index (χ0v) is 21.8. The van der Waals surface area contributed by atoms with Gasteiger partial charge in [-0.1, -0.05) is 32.9 Å². The Hall–Kier alpha value is -4.02. The lowest BCUT2D eigenvalue weighted by molar-refractivity contribution is -0.127. The van der Waals surface area contributed by atoms with E-state index in [2.05, 4.69) is 34.6 Å². The number of nitrogens with zero attached hydrogens (tertiary/aromatic N) is 5. The number of aromatic nitrogens is 4. The van der Waals surface area contributed by atoms with Crippen molar-refractivity contribution < 1.29 is 23.5 Å². The van der Waals surface area contributed by atoms with Gasteiger partial charge in [-0.15, -0.1) is 10.2 Å². The smallest absolute Gasteiger partial charge is 0.251 e. The largest absolute Gasteiger partial charge is 0.493 e. The molecule has 1 atom stereocenters. The van der Waals surface area contributed by atoms with Crippen LogP contribution in [0.2, 0.25) is 0 Å². The van der Waals surface area contributed by atoms with Gasteiger partial charge in [0.25, 0.3) is 5.91 Å². The molecule has 3 aromatic rings. The van der Waals surface area contributed by atoms with Gasteiger partial charge in [0.1, 0.15) is 18.4 Å². The van der Waals surface area contributed by atoms with Gasteiger partial charge >= 0.3 is 0 Å². The summed E-state index contributed by atoms with van der Waals surface area (Å²) < 4.78 is 25.4. The molecule has 2 aromatic carbocycles. The number of anilines is 1. The van der Waals surface area contributed by atoms with E-state index in [4.69, 9.17) is 9.47 Å². The number of ether oxygens (including phenoxy) is 2. The number of methoxy groups -OCH3 is 2. The van der Waals surface area contributed by atoms with Crippen molar-refractivity contribution >= 4 is 17.5 Å². The minimum absolute atomic E-state index is 0.0126. The van der Waals surface area contributed by atoms with Gasteiger partial charge in [-0.2, -0.15) is 4.80 Å². The molecule has 0 radical (unpaired) electrons. The van der Waals surface area contributed by atoms with Crippen molar-refractivity contribution in [2.75, 3.05) is 25.7 Å². The van der Waals surface area contributed by atoms with Crippen molar-refractivity contribution in [2.24, 2.45) is 5.92 Å². The molecular weight excluding hydrogens is 479 g/mol. The van der Waals surface area contributed by atoms with E-state index in [9.17, 15) is 14.0 Å². The highest BCUT2D eigenvalue weighted by Gasteiger charge is 2.32. The number of para-hydroxylation sites is 1. The van der Waals surface area contributed by atoms with E-state index in [-0.39, 0.29) is 30.4 Å². The second-order valence-corrected chi connectivity index (χ2v) is 8.83. The number of carbonyl (C=O) groups is 2. The van der Waals surface area contributed by atoms with E-state index in [0.29, 0.717) is 29.5 Å². The SMILES string of the molecule is CC[C@H](C(=O)NCCC(C)C)N(C(=O)Cn1nnc(-c2ccc(OC)c(OC)c2)n1)c1ccccc1F. The zero-order valence-electron chi connectivity index (χ0n) is 21.8. The van der Waals surface area contributed by atoms with Gasteiger partial charge in [0.2, 0.25) is 11.7 Å². The number of hydrogen-bond acceptors (Lipinski definition) is 7. The predicted octanol–water partition coefficient (Wildman–Crippen LogP) is 3.47. The quantitative estimate of drug-likeness (QED) is 0.396. The van der Waals surface area contributed by atoms with Gasteiger partial charge in [-0.05, 0) is 54.3 Å². The minimum Gasteiger partial charge on any atom is -0.493 e. The standard InChI is InChI=1S/C26H33FN6O4/c1-6-20(26(35)28-14-13-17(2)3)33(21-10-8-7-9-19(21)27)24(34)16-32-30-25(29-31-32)18-11-12-22(36-4)23(15-18)37-5/h7-12,15,17,20H,6,13-14,16H2,1-5H3,(H,28,35)/t20-/m1/s1. The van der Waals surface area contributed by atoms with Crippen LogP contribution in [-0.2, 0) is 16.1 Å². The highest BCUT2D eigenvalue weighted by molar-refractivity contribution is 6.00. The monoisotopic (exact) mass is 512 g/mol. The molecule has 1 aromatic heterocycles. The highest BCUT2D eigenvalue weighted by Crippen LogP contribution is 2.31. The molecule has 0 aliphatic carbocycles. The van der Waals surface area contributed by atoms with E-state index in [0.717, 1.165) is 11.2 Å². The third-order valence-corrected chi connectivity index (χ3v) is 5.77. The molecule has 1 heterocycles. The number of rotatable bonds is 12. The van der Waals surface area contributed by atoms with Gasteiger partial charge in [0, 0.05) is 12.1 Å².